The van der Waals surface area contributed by atoms with Crippen molar-refractivity contribution in [2.24, 2.45) is 5.73 Å². The molecule has 3 N–H and O–H groups in total. The number of nitrogens with two attached hydrogens (primary N) is 1. The monoisotopic (exact) mass is 155 g/mol. The number of aromatic nitrogens is 2. The van der Waals surface area contributed by atoms with E-state index in [2.05, 4.69) is 5.10 Å². The Morgan fingerprint density at radius 3 is 2.82 bits per heavy atom. The van der Waals surface area contributed by atoms with Crippen LogP contribution in [0.4, 0.5) is 0 Å². The molecule has 0 aliphatic carbocycles. The molecule has 5 nitrogen and oxygen atoms in total. The molecule has 0 aliphatic heterocycles. The third-order valence-electron chi connectivity index (χ3n) is 1.24. The van der Waals surface area contributed by atoms with Crippen molar-refractivity contribution in [2.75, 3.05) is 0 Å². The summed E-state index contributed by atoms with van der Waals surface area (Å²) in [5.74, 6) is -0.593. The van der Waals surface area contributed by atoms with Gasteiger partial charge in [0.1, 0.15) is 11.9 Å². The zero-order chi connectivity index (χ0) is 8.43. The van der Waals surface area contributed by atoms with Crippen molar-refractivity contribution in [3.8, 4) is 0 Å². The topological polar surface area (TPSA) is 81.1 Å². The van der Waals surface area contributed by atoms with E-state index in [0.29, 0.717) is 0 Å². The van der Waals surface area contributed by atoms with E-state index in [1.165, 1.54) is 23.9 Å². The predicted octanol–water partition coefficient (Wildman–Crippen LogP) is -0.507. The van der Waals surface area contributed by atoms with Gasteiger partial charge in [0.15, 0.2) is 0 Å². The Morgan fingerprint density at radius 1 is 1.91 bits per heavy atom. The van der Waals surface area contributed by atoms with Gasteiger partial charge in [-0.2, -0.15) is 5.10 Å². The summed E-state index contributed by atoms with van der Waals surface area (Å²) >= 11 is 0. The third kappa shape index (κ3) is 1.56. The van der Waals surface area contributed by atoms with E-state index < -0.39 is 12.1 Å². The minimum atomic E-state index is -0.733. The van der Waals surface area contributed by atoms with Crippen LogP contribution in [0.25, 0.3) is 0 Å². The van der Waals surface area contributed by atoms with E-state index in [1.807, 2.05) is 0 Å². The number of hydrogen-bond donors (Lipinski definition) is 2. The maximum absolute atomic E-state index is 10.5. The molecule has 0 radical (unpaired) electrons. The first-order chi connectivity index (χ1) is 5.11. The van der Waals surface area contributed by atoms with Crippen molar-refractivity contribution in [3.63, 3.8) is 0 Å². The molecule has 0 bridgehead atoms. The minimum absolute atomic E-state index is 0.158. The van der Waals surface area contributed by atoms with Gasteiger partial charge in [-0.1, -0.05) is 0 Å². The van der Waals surface area contributed by atoms with Crippen molar-refractivity contribution >= 4 is 5.91 Å². The number of aliphatic hydroxyl groups is 1. The van der Waals surface area contributed by atoms with Crippen LogP contribution in [0.1, 0.15) is 23.6 Å². The number of nitrogens with zero attached hydrogens (tertiary/aromatic N) is 2. The standard InChI is InChI=1S/C6H9N3O2/c1-4(10)9-3-2-5(8-9)6(7)11/h2-4,10H,1H3,(H2,7,11)/t4-/m1/s1. The van der Waals surface area contributed by atoms with Crippen LogP contribution in [0.3, 0.4) is 0 Å². The highest BCUT2D eigenvalue weighted by molar-refractivity contribution is 5.90. The Kier molecular flexibility index (Phi) is 1.91. The molecule has 0 aromatic carbocycles. The molecular weight excluding hydrogens is 146 g/mol. The van der Waals surface area contributed by atoms with Crippen LogP contribution in [0.5, 0.6) is 0 Å². The summed E-state index contributed by atoms with van der Waals surface area (Å²) in [6, 6.07) is 1.45. The molecule has 1 heterocycles. The Bertz CT molecular complexity index is 267. The van der Waals surface area contributed by atoms with E-state index in [0.717, 1.165) is 0 Å². The maximum Gasteiger partial charge on any atom is 0.269 e. The lowest BCUT2D eigenvalue weighted by Crippen LogP contribution is -2.13. The second-order valence-electron chi connectivity index (χ2n) is 2.18. The summed E-state index contributed by atoms with van der Waals surface area (Å²) < 4.78 is 1.25. The summed E-state index contributed by atoms with van der Waals surface area (Å²) in [5.41, 5.74) is 5.09. The van der Waals surface area contributed by atoms with E-state index in [-0.39, 0.29) is 5.69 Å². The summed E-state index contributed by atoms with van der Waals surface area (Å²) in [5, 5.41) is 12.7. The fraction of sp³-hybridized carbons (Fsp3) is 0.333. The molecule has 0 saturated carbocycles. The maximum atomic E-state index is 10.5. The predicted molar refractivity (Wildman–Crippen MR) is 37.7 cm³/mol. The van der Waals surface area contributed by atoms with Crippen LogP contribution in [-0.2, 0) is 0 Å². The Balaban J connectivity index is 2.90. The number of hydrogen-bond acceptors (Lipinski definition) is 3. The Morgan fingerprint density at radius 2 is 2.55 bits per heavy atom. The SMILES string of the molecule is C[C@@H](O)n1ccc(C(N)=O)n1. The molecule has 0 fully saturated rings. The molecule has 0 unspecified atom stereocenters. The zero-order valence-corrected chi connectivity index (χ0v) is 6.06. The number of primary amides is 1. The molecular formula is C6H9N3O2. The zero-order valence-electron chi connectivity index (χ0n) is 6.06. The summed E-state index contributed by atoms with van der Waals surface area (Å²) in [7, 11) is 0. The van der Waals surface area contributed by atoms with E-state index in [4.69, 9.17) is 10.8 Å². The Labute approximate surface area is 63.4 Å². The average Bonchev–Trinajstić information content (AvgIpc) is 2.33. The van der Waals surface area contributed by atoms with E-state index in [9.17, 15) is 4.79 Å². The molecule has 0 aliphatic rings. The normalized spacial score (nSPS) is 12.9. The van der Waals surface area contributed by atoms with Gasteiger partial charge >= 0.3 is 0 Å². The minimum Gasteiger partial charge on any atom is -0.372 e. The van der Waals surface area contributed by atoms with Crippen molar-refractivity contribution in [3.05, 3.63) is 18.0 Å². The first-order valence-corrected chi connectivity index (χ1v) is 3.14. The molecule has 1 amide bonds. The van der Waals surface area contributed by atoms with Gasteiger partial charge in [-0.3, -0.25) is 4.79 Å². The van der Waals surface area contributed by atoms with Gasteiger partial charge in [-0.15, -0.1) is 0 Å². The number of aliphatic hydroxyl groups excluding tert-OH is 1. The molecule has 11 heavy (non-hydrogen) atoms. The number of amides is 1. The number of rotatable bonds is 2. The number of carbonyl (C=O) groups is 1. The van der Waals surface area contributed by atoms with Crippen LogP contribution in [0.15, 0.2) is 12.3 Å². The van der Waals surface area contributed by atoms with Gasteiger partial charge in [0, 0.05) is 6.20 Å². The molecule has 0 saturated heterocycles. The molecule has 1 atom stereocenters. The molecule has 5 heteroatoms. The lowest BCUT2D eigenvalue weighted by molar-refractivity contribution is 0.0978. The van der Waals surface area contributed by atoms with E-state index >= 15 is 0 Å². The number of carbonyl (C=O) groups excluding carboxylic acids is 1. The second kappa shape index (κ2) is 2.71. The van der Waals surface area contributed by atoms with Gasteiger partial charge in [-0.25, -0.2) is 4.68 Å². The van der Waals surface area contributed by atoms with Crippen LogP contribution in [0.2, 0.25) is 0 Å². The summed E-state index contributed by atoms with van der Waals surface area (Å²) in [4.78, 5) is 10.5. The van der Waals surface area contributed by atoms with Crippen LogP contribution in [0, 0.1) is 0 Å². The molecule has 1 aromatic rings. The molecule has 60 valence electrons. The van der Waals surface area contributed by atoms with Crippen LogP contribution >= 0.6 is 0 Å². The van der Waals surface area contributed by atoms with Crippen LogP contribution < -0.4 is 5.73 Å². The molecule has 0 spiro atoms. The van der Waals surface area contributed by atoms with E-state index in [1.54, 1.807) is 0 Å². The second-order valence-corrected chi connectivity index (χ2v) is 2.18. The highest BCUT2D eigenvalue weighted by atomic mass is 16.3. The first kappa shape index (κ1) is 7.74. The lowest BCUT2D eigenvalue weighted by atomic mass is 10.4. The Hall–Kier alpha value is -1.36. The molecule has 1 rings (SSSR count). The average molecular weight is 155 g/mol. The summed E-state index contributed by atoms with van der Waals surface area (Å²) in [6.07, 6.45) is 0.758. The molecule has 1 aromatic heterocycles. The fourth-order valence-electron chi connectivity index (χ4n) is 0.678. The largest absolute Gasteiger partial charge is 0.372 e. The first-order valence-electron chi connectivity index (χ1n) is 3.14. The van der Waals surface area contributed by atoms with Gasteiger partial charge in [0.05, 0.1) is 0 Å². The van der Waals surface area contributed by atoms with Gasteiger partial charge < -0.3 is 10.8 Å². The van der Waals surface area contributed by atoms with Crippen molar-refractivity contribution in [1.82, 2.24) is 9.78 Å². The highest BCUT2D eigenvalue weighted by Crippen LogP contribution is 2.00. The fourth-order valence-corrected chi connectivity index (χ4v) is 0.678. The van der Waals surface area contributed by atoms with Crippen molar-refractivity contribution in [1.29, 1.82) is 0 Å². The highest BCUT2D eigenvalue weighted by Gasteiger charge is 2.06. The van der Waals surface area contributed by atoms with Gasteiger partial charge in [-0.05, 0) is 13.0 Å². The van der Waals surface area contributed by atoms with Crippen molar-refractivity contribution in [2.45, 2.75) is 13.2 Å². The summed E-state index contributed by atoms with van der Waals surface area (Å²) in [6.45, 7) is 1.54. The van der Waals surface area contributed by atoms with Crippen LogP contribution in [-0.4, -0.2) is 20.8 Å². The smallest absolute Gasteiger partial charge is 0.269 e. The van der Waals surface area contributed by atoms with Crippen molar-refractivity contribution < 1.29 is 9.90 Å². The quantitative estimate of drug-likeness (QED) is 0.603. The third-order valence-corrected chi connectivity index (χ3v) is 1.24. The van der Waals surface area contributed by atoms with Gasteiger partial charge in [0.2, 0.25) is 0 Å². The lowest BCUT2D eigenvalue weighted by Gasteiger charge is -2.01. The van der Waals surface area contributed by atoms with Gasteiger partial charge in [0.25, 0.3) is 5.91 Å².